The molecule has 0 heterocycles. The SMILES string of the molecule is Cc1c2ccccc2c(-c2ccccc2)c2ccccc12.Cc1ccc2c(-c3ccccc3)c3ccccc3c(-c3ccccc3)c2c1.Cc1ccc2c(ccc3ccccc32)c1.Cc1ccc2c3c(cccc13)-c1ccccc1-2.Cc1ccc2c3ccccc3c3ccccc3c2c1.Cc1ccc2ccc3cccc4ccc1c2c34. The van der Waals surface area contributed by atoms with Gasteiger partial charge in [0.2, 0.25) is 0 Å². The Morgan fingerprint density at radius 1 is 0.138 bits per heavy atom. The number of rotatable bonds is 3. The van der Waals surface area contributed by atoms with E-state index >= 15 is 0 Å². The second-order valence-electron chi connectivity index (χ2n) is 31.1. The van der Waals surface area contributed by atoms with E-state index in [0.717, 1.165) is 0 Å². The van der Waals surface area contributed by atoms with Gasteiger partial charge in [0.1, 0.15) is 0 Å². The standard InChI is InChI=1S/C27H20.C21H16.C19H14.2C17H12.C15H12/c1-19-16-17-24-25(18-19)27(21-12-6-3-7-13-21)23-15-9-8-14-22(23)26(24)20-10-4-2-5-11-20;1-15-17-11-5-7-13-19(17)21(16-9-3-2-4-10-16)20-14-8-6-12-18(15)20;1-13-10-11-18-16-8-3-2-6-14(16)15-7-4-5-9-17(15)19(18)12-13;1-11-9-10-16-14-6-3-2-5-13(14)15-8-4-7-12(11)17(15)16;1-11-5-6-14-8-7-12-3-2-4-13-9-10-15(11)17(14)16(12)13;1-11-6-9-15-13(10-11)8-7-12-4-2-3-5-14(12)15/h2-18H,1H3;2-14H,1H3;2-12H,1H3;2*2-10H,1H3;2-10H,1H3. The fourth-order valence-corrected chi connectivity index (χ4v) is 18.4. The summed E-state index contributed by atoms with van der Waals surface area (Å²) in [5, 5.41) is 35.0. The molecule has 0 saturated carbocycles. The van der Waals surface area contributed by atoms with Crippen LogP contribution < -0.4 is 0 Å². The Balaban J connectivity index is 0.0000000938. The van der Waals surface area contributed by atoms with Crippen molar-refractivity contribution in [2.45, 2.75) is 41.5 Å². The molecule has 0 unspecified atom stereocenters. The van der Waals surface area contributed by atoms with Crippen LogP contribution >= 0.6 is 0 Å². The molecule has 0 atom stereocenters. The molecule has 23 aromatic rings. The molecule has 0 amide bonds. The lowest BCUT2D eigenvalue weighted by atomic mass is 9.85. The molecule has 0 N–H and O–H groups in total. The molecule has 0 nitrogen and oxygen atoms in total. The topological polar surface area (TPSA) is 0 Å². The van der Waals surface area contributed by atoms with E-state index in [-0.39, 0.29) is 0 Å². The average Bonchev–Trinajstić information content (AvgIpc) is 1.52. The molecular formula is C116H86. The van der Waals surface area contributed by atoms with Gasteiger partial charge in [0.15, 0.2) is 0 Å². The normalized spacial score (nSPS) is 11.4. The monoisotopic (exact) mass is 1480 g/mol. The Morgan fingerprint density at radius 2 is 0.431 bits per heavy atom. The Morgan fingerprint density at radius 3 is 0.974 bits per heavy atom. The van der Waals surface area contributed by atoms with Gasteiger partial charge in [-0.15, -0.1) is 0 Å². The average molecular weight is 1480 g/mol. The van der Waals surface area contributed by atoms with Crippen LogP contribution in [0.1, 0.15) is 33.4 Å². The van der Waals surface area contributed by atoms with Gasteiger partial charge in [-0.3, -0.25) is 0 Å². The van der Waals surface area contributed by atoms with Gasteiger partial charge in [0, 0.05) is 0 Å². The van der Waals surface area contributed by atoms with Crippen LogP contribution in [0, 0.1) is 41.5 Å². The van der Waals surface area contributed by atoms with Crippen molar-refractivity contribution in [3.63, 3.8) is 0 Å². The van der Waals surface area contributed by atoms with E-state index < -0.39 is 0 Å². The van der Waals surface area contributed by atoms with Gasteiger partial charge in [-0.25, -0.2) is 0 Å². The first-order valence-electron chi connectivity index (χ1n) is 40.5. The first-order chi connectivity index (χ1) is 57.1. The van der Waals surface area contributed by atoms with Crippen molar-refractivity contribution in [1.82, 2.24) is 0 Å². The largest absolute Gasteiger partial charge is 0.0622 e. The fourth-order valence-electron chi connectivity index (χ4n) is 18.4. The van der Waals surface area contributed by atoms with Gasteiger partial charge < -0.3 is 0 Å². The second kappa shape index (κ2) is 31.0. The van der Waals surface area contributed by atoms with Crippen molar-refractivity contribution in [2.24, 2.45) is 0 Å². The number of hydrogen-bond acceptors (Lipinski definition) is 0. The van der Waals surface area contributed by atoms with E-state index in [9.17, 15) is 0 Å². The van der Waals surface area contributed by atoms with Gasteiger partial charge in [0.25, 0.3) is 0 Å². The highest BCUT2D eigenvalue weighted by molar-refractivity contribution is 6.27. The highest BCUT2D eigenvalue weighted by atomic mass is 14.3. The lowest BCUT2D eigenvalue weighted by molar-refractivity contribution is 1.51. The highest BCUT2D eigenvalue weighted by Crippen LogP contribution is 2.49. The van der Waals surface area contributed by atoms with Crippen LogP contribution in [0.5, 0.6) is 0 Å². The van der Waals surface area contributed by atoms with Crippen molar-refractivity contribution in [2.75, 3.05) is 0 Å². The predicted molar refractivity (Wildman–Crippen MR) is 507 cm³/mol. The van der Waals surface area contributed by atoms with Crippen molar-refractivity contribution in [3.05, 3.63) is 446 Å². The van der Waals surface area contributed by atoms with E-state index in [1.165, 1.54) is 229 Å². The lowest BCUT2D eigenvalue weighted by Gasteiger charge is -2.18. The van der Waals surface area contributed by atoms with Gasteiger partial charge in [-0.2, -0.15) is 0 Å². The third kappa shape index (κ3) is 13.3. The van der Waals surface area contributed by atoms with Crippen LogP contribution in [0.4, 0.5) is 0 Å². The maximum Gasteiger partial charge on any atom is -0.00237 e. The van der Waals surface area contributed by atoms with Gasteiger partial charge in [0.05, 0.1) is 0 Å². The molecule has 0 heteroatoms. The Bertz CT molecular complexity index is 7540. The molecular weight excluding hydrogens is 1390 g/mol. The van der Waals surface area contributed by atoms with Crippen LogP contribution in [0.2, 0.25) is 0 Å². The summed E-state index contributed by atoms with van der Waals surface area (Å²) in [6, 6.07) is 149. The summed E-state index contributed by atoms with van der Waals surface area (Å²) >= 11 is 0. The van der Waals surface area contributed by atoms with Crippen LogP contribution in [0.15, 0.2) is 413 Å². The summed E-state index contributed by atoms with van der Waals surface area (Å²) in [5.41, 5.74) is 21.3. The molecule has 24 rings (SSSR count). The zero-order chi connectivity index (χ0) is 78.3. The number of hydrogen-bond donors (Lipinski definition) is 0. The van der Waals surface area contributed by atoms with Crippen molar-refractivity contribution in [3.8, 4) is 55.6 Å². The van der Waals surface area contributed by atoms with Crippen molar-refractivity contribution >= 4 is 140 Å². The van der Waals surface area contributed by atoms with E-state index in [2.05, 4.69) is 454 Å². The van der Waals surface area contributed by atoms with E-state index in [1.807, 2.05) is 0 Å². The molecule has 0 radical (unpaired) electrons. The molecule has 0 spiro atoms. The Kier molecular flexibility index (Phi) is 19.2. The molecule has 0 aliphatic heterocycles. The van der Waals surface area contributed by atoms with Crippen LogP contribution in [0.3, 0.4) is 0 Å². The summed E-state index contributed by atoms with van der Waals surface area (Å²) in [4.78, 5) is 0. The highest BCUT2D eigenvalue weighted by Gasteiger charge is 2.22. The minimum Gasteiger partial charge on any atom is -0.0622 e. The first-order valence-corrected chi connectivity index (χ1v) is 40.5. The van der Waals surface area contributed by atoms with Crippen LogP contribution in [0.25, 0.3) is 196 Å². The summed E-state index contributed by atoms with van der Waals surface area (Å²) in [7, 11) is 0. The van der Waals surface area contributed by atoms with Crippen LogP contribution in [-0.2, 0) is 0 Å². The molecule has 0 saturated heterocycles. The van der Waals surface area contributed by atoms with Gasteiger partial charge >= 0.3 is 0 Å². The quantitative estimate of drug-likeness (QED) is 0.122. The minimum atomic E-state index is 1.27. The first kappa shape index (κ1) is 72.0. The molecule has 1 aliphatic carbocycles. The molecule has 116 heavy (non-hydrogen) atoms. The van der Waals surface area contributed by atoms with Crippen molar-refractivity contribution < 1.29 is 0 Å². The second-order valence-corrected chi connectivity index (χ2v) is 31.1. The van der Waals surface area contributed by atoms with E-state index in [4.69, 9.17) is 0 Å². The third-order valence-electron chi connectivity index (χ3n) is 23.9. The summed E-state index contributed by atoms with van der Waals surface area (Å²) in [6.07, 6.45) is 0. The molecule has 1 aliphatic rings. The molecule has 23 aromatic carbocycles. The maximum atomic E-state index is 2.33. The third-order valence-corrected chi connectivity index (χ3v) is 23.9. The zero-order valence-electron chi connectivity index (χ0n) is 66.3. The summed E-state index contributed by atoms with van der Waals surface area (Å²) in [5.74, 6) is 0. The number of aryl methyl sites for hydroxylation is 6. The zero-order valence-corrected chi connectivity index (χ0v) is 66.3. The van der Waals surface area contributed by atoms with Gasteiger partial charge in [-0.05, 0) is 254 Å². The molecule has 0 bridgehead atoms. The summed E-state index contributed by atoms with van der Waals surface area (Å²) in [6.45, 7) is 13.1. The fraction of sp³-hybridized carbons (Fsp3) is 0.0517. The van der Waals surface area contributed by atoms with Crippen molar-refractivity contribution in [1.29, 1.82) is 0 Å². The van der Waals surface area contributed by atoms with Gasteiger partial charge in [-0.1, -0.05) is 429 Å². The molecule has 0 aromatic heterocycles. The van der Waals surface area contributed by atoms with Crippen LogP contribution in [-0.4, -0.2) is 0 Å². The maximum absolute atomic E-state index is 2.33. The Hall–Kier alpha value is -14.3. The molecule has 0 fully saturated rings. The number of benzene rings is 23. The van der Waals surface area contributed by atoms with E-state index in [0.29, 0.717) is 0 Å². The minimum absolute atomic E-state index is 1.27. The predicted octanol–water partition coefficient (Wildman–Crippen LogP) is 33.0. The smallest absolute Gasteiger partial charge is 0.00237 e. The van der Waals surface area contributed by atoms with E-state index in [1.54, 1.807) is 0 Å². The summed E-state index contributed by atoms with van der Waals surface area (Å²) < 4.78 is 0. The Labute approximate surface area is 678 Å². The molecule has 550 valence electrons. The number of fused-ring (bicyclic) bond motifs is 16. The lowest BCUT2D eigenvalue weighted by Crippen LogP contribution is -1.91.